The predicted molar refractivity (Wildman–Crippen MR) is 68.1 cm³/mol. The molecule has 0 spiro atoms. The number of likely N-dealkylation sites (tertiary alicyclic amines) is 1. The van der Waals surface area contributed by atoms with E-state index in [1.165, 1.54) is 0 Å². The summed E-state index contributed by atoms with van der Waals surface area (Å²) < 4.78 is 0. The minimum absolute atomic E-state index is 0.0799. The van der Waals surface area contributed by atoms with E-state index < -0.39 is 6.10 Å². The van der Waals surface area contributed by atoms with Crippen LogP contribution in [-0.4, -0.2) is 59.3 Å². The van der Waals surface area contributed by atoms with Gasteiger partial charge in [0.2, 0.25) is 11.8 Å². The molecule has 1 unspecified atom stereocenters. The van der Waals surface area contributed by atoms with Gasteiger partial charge in [0.15, 0.2) is 0 Å². The van der Waals surface area contributed by atoms with Gasteiger partial charge in [-0.05, 0) is 25.7 Å². The van der Waals surface area contributed by atoms with E-state index in [1.807, 2.05) is 4.90 Å². The molecule has 0 aromatic rings. The highest BCUT2D eigenvalue weighted by molar-refractivity contribution is 5.82. The maximum atomic E-state index is 11.9. The van der Waals surface area contributed by atoms with Gasteiger partial charge in [0.05, 0.1) is 12.7 Å². The minimum atomic E-state index is -0.902. The van der Waals surface area contributed by atoms with Crippen LogP contribution in [0.15, 0.2) is 0 Å². The van der Waals surface area contributed by atoms with E-state index in [0.717, 1.165) is 12.8 Å². The molecule has 1 heterocycles. The van der Waals surface area contributed by atoms with Crippen LogP contribution in [0.25, 0.3) is 0 Å². The van der Waals surface area contributed by atoms with Crippen LogP contribution in [0.3, 0.4) is 0 Å². The highest BCUT2D eigenvalue weighted by Crippen LogP contribution is 2.32. The third kappa shape index (κ3) is 3.91. The standard InChI is InChI=1S/C13H22N2O4/c16-8-11(17)7-14-12(18)9-3-5-15(6-4-9)13(19)10-1-2-10/h9-11,16-17H,1-8H2,(H,14,18). The monoisotopic (exact) mass is 270 g/mol. The summed E-state index contributed by atoms with van der Waals surface area (Å²) in [7, 11) is 0. The SMILES string of the molecule is O=C(NCC(O)CO)C1CCN(C(=O)C2CC2)CC1. The molecule has 0 aromatic carbocycles. The van der Waals surface area contributed by atoms with Gasteiger partial charge in [-0.1, -0.05) is 0 Å². The zero-order valence-corrected chi connectivity index (χ0v) is 11.0. The number of hydrogen-bond donors (Lipinski definition) is 3. The number of nitrogens with one attached hydrogen (secondary N) is 1. The first kappa shape index (κ1) is 14.3. The van der Waals surface area contributed by atoms with E-state index in [2.05, 4.69) is 5.32 Å². The molecule has 1 aliphatic heterocycles. The Bertz CT molecular complexity index is 336. The number of nitrogens with zero attached hydrogens (tertiary/aromatic N) is 1. The minimum Gasteiger partial charge on any atom is -0.394 e. The van der Waals surface area contributed by atoms with E-state index in [1.54, 1.807) is 0 Å². The first-order valence-corrected chi connectivity index (χ1v) is 6.97. The topological polar surface area (TPSA) is 89.9 Å². The first-order chi connectivity index (χ1) is 9.11. The summed E-state index contributed by atoms with van der Waals surface area (Å²) in [5.74, 6) is 0.305. The molecule has 2 fully saturated rings. The molecule has 6 nitrogen and oxygen atoms in total. The lowest BCUT2D eigenvalue weighted by Gasteiger charge is -2.31. The Kier molecular flexibility index (Phi) is 4.76. The molecule has 2 rings (SSSR count). The van der Waals surface area contributed by atoms with Crippen molar-refractivity contribution in [2.75, 3.05) is 26.2 Å². The lowest BCUT2D eigenvalue weighted by atomic mass is 9.95. The van der Waals surface area contributed by atoms with Gasteiger partial charge in [-0.3, -0.25) is 9.59 Å². The van der Waals surface area contributed by atoms with Gasteiger partial charge in [0, 0.05) is 31.5 Å². The van der Waals surface area contributed by atoms with Crippen LogP contribution in [0, 0.1) is 11.8 Å². The van der Waals surface area contributed by atoms with Crippen molar-refractivity contribution < 1.29 is 19.8 Å². The second-order valence-corrected chi connectivity index (χ2v) is 5.46. The van der Waals surface area contributed by atoms with Crippen LogP contribution in [0.1, 0.15) is 25.7 Å². The second kappa shape index (κ2) is 6.34. The molecular formula is C13H22N2O4. The average molecular weight is 270 g/mol. The van der Waals surface area contributed by atoms with Crippen molar-refractivity contribution in [3.8, 4) is 0 Å². The fourth-order valence-corrected chi connectivity index (χ4v) is 2.38. The van der Waals surface area contributed by atoms with E-state index >= 15 is 0 Å². The molecule has 3 N–H and O–H groups in total. The molecule has 1 saturated heterocycles. The Hall–Kier alpha value is -1.14. The molecule has 0 bridgehead atoms. The predicted octanol–water partition coefficient (Wildman–Crippen LogP) is -0.896. The largest absolute Gasteiger partial charge is 0.394 e. The van der Waals surface area contributed by atoms with Crippen LogP contribution < -0.4 is 5.32 Å². The number of hydrogen-bond acceptors (Lipinski definition) is 4. The summed E-state index contributed by atoms with van der Waals surface area (Å²) >= 11 is 0. The number of piperidine rings is 1. The molecular weight excluding hydrogens is 248 g/mol. The van der Waals surface area contributed by atoms with Crippen LogP contribution in [0.4, 0.5) is 0 Å². The van der Waals surface area contributed by atoms with Crippen molar-refractivity contribution >= 4 is 11.8 Å². The van der Waals surface area contributed by atoms with Gasteiger partial charge in [0.1, 0.15) is 0 Å². The van der Waals surface area contributed by atoms with E-state index in [4.69, 9.17) is 5.11 Å². The number of carbonyl (C=O) groups excluding carboxylic acids is 2. The Balaban J connectivity index is 1.70. The zero-order valence-electron chi connectivity index (χ0n) is 11.0. The van der Waals surface area contributed by atoms with E-state index in [-0.39, 0.29) is 36.8 Å². The highest BCUT2D eigenvalue weighted by Gasteiger charge is 2.35. The van der Waals surface area contributed by atoms with Crippen molar-refractivity contribution in [1.29, 1.82) is 0 Å². The van der Waals surface area contributed by atoms with Crippen LogP contribution in [-0.2, 0) is 9.59 Å². The summed E-state index contributed by atoms with van der Waals surface area (Å²) in [6.07, 6.45) is 2.48. The summed E-state index contributed by atoms with van der Waals surface area (Å²) in [5, 5.41) is 20.5. The van der Waals surface area contributed by atoms with Gasteiger partial charge >= 0.3 is 0 Å². The Labute approximate surface area is 112 Å². The van der Waals surface area contributed by atoms with Gasteiger partial charge < -0.3 is 20.4 Å². The molecule has 0 radical (unpaired) electrons. The van der Waals surface area contributed by atoms with Gasteiger partial charge in [0.25, 0.3) is 0 Å². The number of amides is 2. The Morgan fingerprint density at radius 2 is 1.79 bits per heavy atom. The number of rotatable bonds is 5. The summed E-state index contributed by atoms with van der Waals surface area (Å²) in [6, 6.07) is 0. The second-order valence-electron chi connectivity index (χ2n) is 5.46. The molecule has 2 amide bonds. The molecule has 1 saturated carbocycles. The molecule has 2 aliphatic rings. The normalized spacial score (nSPS) is 22.1. The van der Waals surface area contributed by atoms with Crippen LogP contribution >= 0.6 is 0 Å². The zero-order chi connectivity index (χ0) is 13.8. The van der Waals surface area contributed by atoms with Gasteiger partial charge in [-0.2, -0.15) is 0 Å². The fourth-order valence-electron chi connectivity index (χ4n) is 2.38. The van der Waals surface area contributed by atoms with E-state index in [0.29, 0.717) is 25.9 Å². The first-order valence-electron chi connectivity index (χ1n) is 6.97. The highest BCUT2D eigenvalue weighted by atomic mass is 16.3. The van der Waals surface area contributed by atoms with Gasteiger partial charge in [-0.25, -0.2) is 0 Å². The lowest BCUT2D eigenvalue weighted by molar-refractivity contribution is -0.136. The van der Waals surface area contributed by atoms with Crippen molar-refractivity contribution in [2.24, 2.45) is 11.8 Å². The van der Waals surface area contributed by atoms with Crippen molar-refractivity contribution in [3.63, 3.8) is 0 Å². The van der Waals surface area contributed by atoms with Gasteiger partial charge in [-0.15, -0.1) is 0 Å². The number of aliphatic hydroxyl groups excluding tert-OH is 2. The molecule has 0 aromatic heterocycles. The van der Waals surface area contributed by atoms with Crippen LogP contribution in [0.2, 0.25) is 0 Å². The number of aliphatic hydroxyl groups is 2. The Morgan fingerprint density at radius 1 is 1.16 bits per heavy atom. The summed E-state index contributed by atoms with van der Waals surface area (Å²) in [6.45, 7) is 1.02. The average Bonchev–Trinajstić information content (AvgIpc) is 3.28. The molecule has 108 valence electrons. The van der Waals surface area contributed by atoms with E-state index in [9.17, 15) is 14.7 Å². The fraction of sp³-hybridized carbons (Fsp3) is 0.846. The third-order valence-corrected chi connectivity index (χ3v) is 3.83. The molecule has 1 atom stereocenters. The summed E-state index contributed by atoms with van der Waals surface area (Å²) in [4.78, 5) is 25.6. The smallest absolute Gasteiger partial charge is 0.225 e. The third-order valence-electron chi connectivity index (χ3n) is 3.83. The summed E-state index contributed by atoms with van der Waals surface area (Å²) in [5.41, 5.74) is 0. The quantitative estimate of drug-likeness (QED) is 0.604. The maximum Gasteiger partial charge on any atom is 0.225 e. The Morgan fingerprint density at radius 3 is 2.32 bits per heavy atom. The number of carbonyl (C=O) groups is 2. The maximum absolute atomic E-state index is 11.9. The lowest BCUT2D eigenvalue weighted by Crippen LogP contribution is -2.45. The van der Waals surface area contributed by atoms with Crippen molar-refractivity contribution in [3.05, 3.63) is 0 Å². The van der Waals surface area contributed by atoms with Crippen LogP contribution in [0.5, 0.6) is 0 Å². The van der Waals surface area contributed by atoms with Crippen molar-refractivity contribution in [1.82, 2.24) is 10.2 Å². The molecule has 1 aliphatic carbocycles. The molecule has 19 heavy (non-hydrogen) atoms. The van der Waals surface area contributed by atoms with Crippen molar-refractivity contribution in [2.45, 2.75) is 31.8 Å². The molecule has 6 heteroatoms.